The summed E-state index contributed by atoms with van der Waals surface area (Å²) >= 11 is 0. The fourth-order valence-electron chi connectivity index (χ4n) is 1.23. The Labute approximate surface area is 71.9 Å². The number of rotatable bonds is 0. The topological polar surface area (TPSA) is 19.9 Å². The molecule has 2 heteroatoms. The third-order valence-corrected chi connectivity index (χ3v) is 1.73. The Morgan fingerprint density at radius 3 is 2.17 bits per heavy atom. The fourth-order valence-corrected chi connectivity index (χ4v) is 1.23. The van der Waals surface area contributed by atoms with E-state index in [1.807, 2.05) is 20.8 Å². The predicted octanol–water partition coefficient (Wildman–Crippen LogP) is 3.27. The summed E-state index contributed by atoms with van der Waals surface area (Å²) in [6.07, 6.45) is 0. The molecule has 1 nitrogen and oxygen atoms in total. The molecule has 65 valence electrons. The minimum Gasteiger partial charge on any atom is -0.290 e. The third-order valence-electron chi connectivity index (χ3n) is 1.73. The minimum absolute atomic E-state index is 0.220. The lowest BCUT2D eigenvalue weighted by molar-refractivity contribution is 0.334. The molecule has 0 aliphatic rings. The molecule has 0 amide bonds. The van der Waals surface area contributed by atoms with Gasteiger partial charge in [-0.2, -0.15) is 0 Å². The van der Waals surface area contributed by atoms with Crippen LogP contribution in [0.1, 0.15) is 26.3 Å². The molecule has 0 aliphatic carbocycles. The Morgan fingerprint density at radius 2 is 1.83 bits per heavy atom. The molecule has 1 aromatic rings. The van der Waals surface area contributed by atoms with Gasteiger partial charge < -0.3 is 0 Å². The molecule has 0 spiro atoms. The van der Waals surface area contributed by atoms with Crippen LogP contribution in [0.5, 0.6) is 5.75 Å². The van der Waals surface area contributed by atoms with Gasteiger partial charge in [-0.15, -0.1) is 0 Å². The second kappa shape index (κ2) is 2.77. The van der Waals surface area contributed by atoms with E-state index in [9.17, 15) is 9.50 Å². The van der Waals surface area contributed by atoms with Gasteiger partial charge in [-0.05, 0) is 17.5 Å². The summed E-state index contributed by atoms with van der Waals surface area (Å²) in [5, 5.41) is 11.2. The number of halogens is 1. The fraction of sp³-hybridized carbons (Fsp3) is 0.400. The van der Waals surface area contributed by atoms with Crippen LogP contribution in [0.4, 0.5) is 4.39 Å². The maximum Gasteiger partial charge on any atom is 0.185 e. The van der Waals surface area contributed by atoms with E-state index in [4.69, 9.17) is 0 Å². The third kappa shape index (κ3) is 1.58. The quantitative estimate of drug-likeness (QED) is 0.565. The highest BCUT2D eigenvalue weighted by Gasteiger charge is 2.22. The first kappa shape index (κ1) is 9.04. The van der Waals surface area contributed by atoms with Crippen molar-refractivity contribution in [2.24, 2.45) is 0 Å². The van der Waals surface area contributed by atoms with E-state index in [1.165, 1.54) is 18.2 Å². The summed E-state index contributed by atoms with van der Waals surface area (Å²) < 4.78 is 13.1. The van der Waals surface area contributed by atoms with Gasteiger partial charge in [-0.25, -0.2) is 4.39 Å². The van der Waals surface area contributed by atoms with E-state index < -0.39 is 11.2 Å². The van der Waals surface area contributed by atoms with E-state index in [0.29, 0.717) is 0 Å². The van der Waals surface area contributed by atoms with Gasteiger partial charge in [-0.3, -0.25) is 5.11 Å². The van der Waals surface area contributed by atoms with Gasteiger partial charge in [0.1, 0.15) is 5.82 Å². The molecule has 0 saturated heterocycles. The van der Waals surface area contributed by atoms with Gasteiger partial charge in [0.05, 0.1) is 0 Å². The van der Waals surface area contributed by atoms with Crippen molar-refractivity contribution in [1.29, 1.82) is 0 Å². The van der Waals surface area contributed by atoms with Crippen LogP contribution in [-0.4, -0.2) is 0 Å². The second-order valence-corrected chi connectivity index (χ2v) is 3.86. The lowest BCUT2D eigenvalue weighted by Crippen LogP contribution is -2.13. The number of hydrogen-bond donors (Lipinski definition) is 0. The molecule has 1 radical (unpaired) electrons. The van der Waals surface area contributed by atoms with E-state index >= 15 is 0 Å². The summed E-state index contributed by atoms with van der Waals surface area (Å²) in [4.78, 5) is 0. The SMILES string of the molecule is CC(C)(C)c1c([O])cccc1F. The van der Waals surface area contributed by atoms with Crippen LogP contribution in [0, 0.1) is 5.82 Å². The molecule has 0 fully saturated rings. The average Bonchev–Trinajstić information content (AvgIpc) is 1.82. The molecule has 0 saturated carbocycles. The normalized spacial score (nSPS) is 11.7. The van der Waals surface area contributed by atoms with Crippen molar-refractivity contribution in [3.63, 3.8) is 0 Å². The molecule has 1 aromatic carbocycles. The zero-order valence-electron chi connectivity index (χ0n) is 7.52. The van der Waals surface area contributed by atoms with Crippen molar-refractivity contribution in [3.8, 4) is 5.75 Å². The first-order chi connectivity index (χ1) is 5.43. The molecule has 0 unspecified atom stereocenters. The Balaban J connectivity index is 3.31. The van der Waals surface area contributed by atoms with Crippen LogP contribution in [0.2, 0.25) is 0 Å². The van der Waals surface area contributed by atoms with Crippen molar-refractivity contribution in [1.82, 2.24) is 0 Å². The zero-order valence-corrected chi connectivity index (χ0v) is 7.52. The predicted molar refractivity (Wildman–Crippen MR) is 45.2 cm³/mol. The summed E-state index contributed by atoms with van der Waals surface area (Å²) in [5.74, 6) is -0.627. The Morgan fingerprint density at radius 1 is 1.25 bits per heavy atom. The largest absolute Gasteiger partial charge is 0.290 e. The van der Waals surface area contributed by atoms with Crippen LogP contribution in [-0.2, 0) is 10.5 Å². The van der Waals surface area contributed by atoms with E-state index in [-0.39, 0.29) is 11.3 Å². The highest BCUT2D eigenvalue weighted by atomic mass is 19.1. The molecule has 0 aliphatic heterocycles. The summed E-state index contributed by atoms with van der Waals surface area (Å²) in [7, 11) is 0. The van der Waals surface area contributed by atoms with Crippen molar-refractivity contribution in [2.75, 3.05) is 0 Å². The number of benzene rings is 1. The van der Waals surface area contributed by atoms with Gasteiger partial charge in [-0.1, -0.05) is 26.8 Å². The molecular weight excluding hydrogens is 155 g/mol. The highest BCUT2D eigenvalue weighted by molar-refractivity contribution is 5.38. The van der Waals surface area contributed by atoms with Gasteiger partial charge in [0.15, 0.2) is 5.75 Å². The smallest absolute Gasteiger partial charge is 0.185 e. The van der Waals surface area contributed by atoms with Crippen LogP contribution >= 0.6 is 0 Å². The lowest BCUT2D eigenvalue weighted by Gasteiger charge is -2.19. The van der Waals surface area contributed by atoms with Crippen LogP contribution in [0.3, 0.4) is 0 Å². The Hall–Kier alpha value is -1.05. The molecule has 12 heavy (non-hydrogen) atoms. The first-order valence-corrected chi connectivity index (χ1v) is 3.89. The molecule has 1 rings (SSSR count). The Kier molecular flexibility index (Phi) is 2.09. The van der Waals surface area contributed by atoms with Gasteiger partial charge in [0.2, 0.25) is 0 Å². The molecule has 0 heterocycles. The van der Waals surface area contributed by atoms with Gasteiger partial charge in [0.25, 0.3) is 0 Å². The van der Waals surface area contributed by atoms with Crippen LogP contribution in [0.15, 0.2) is 18.2 Å². The Bertz CT molecular complexity index is 266. The van der Waals surface area contributed by atoms with Crippen molar-refractivity contribution < 1.29 is 9.50 Å². The van der Waals surface area contributed by atoms with Crippen LogP contribution in [0.25, 0.3) is 0 Å². The molecular formula is C10H12FO. The summed E-state index contributed by atoms with van der Waals surface area (Å²) in [6, 6.07) is 4.15. The van der Waals surface area contributed by atoms with E-state index in [0.717, 1.165) is 0 Å². The van der Waals surface area contributed by atoms with E-state index in [1.54, 1.807) is 0 Å². The van der Waals surface area contributed by atoms with Crippen molar-refractivity contribution in [2.45, 2.75) is 26.2 Å². The summed E-state index contributed by atoms with van der Waals surface area (Å²) in [5.41, 5.74) is -0.146. The monoisotopic (exact) mass is 167 g/mol. The molecule has 0 atom stereocenters. The lowest BCUT2D eigenvalue weighted by atomic mass is 9.86. The maximum atomic E-state index is 13.1. The standard InChI is InChI=1S/C10H12FO/c1-10(2,3)9-7(11)5-4-6-8(9)12/h4-6H,1-3H3. The molecule has 0 aromatic heterocycles. The van der Waals surface area contributed by atoms with Crippen molar-refractivity contribution >= 4 is 0 Å². The van der Waals surface area contributed by atoms with E-state index in [2.05, 4.69) is 0 Å². The summed E-state index contributed by atoms with van der Waals surface area (Å²) in [6.45, 7) is 5.48. The molecule has 0 bridgehead atoms. The second-order valence-electron chi connectivity index (χ2n) is 3.86. The maximum absolute atomic E-state index is 13.1. The zero-order chi connectivity index (χ0) is 9.35. The number of hydrogen-bond acceptors (Lipinski definition) is 0. The van der Waals surface area contributed by atoms with Gasteiger partial charge in [0, 0.05) is 5.56 Å². The average molecular weight is 167 g/mol. The van der Waals surface area contributed by atoms with Crippen molar-refractivity contribution in [3.05, 3.63) is 29.6 Å². The minimum atomic E-state index is -0.414. The molecule has 0 N–H and O–H groups in total. The van der Waals surface area contributed by atoms with Crippen LogP contribution < -0.4 is 0 Å². The first-order valence-electron chi connectivity index (χ1n) is 3.89. The highest BCUT2D eigenvalue weighted by Crippen LogP contribution is 2.32. The van der Waals surface area contributed by atoms with Gasteiger partial charge >= 0.3 is 0 Å².